The van der Waals surface area contributed by atoms with Gasteiger partial charge in [0.25, 0.3) is 0 Å². The van der Waals surface area contributed by atoms with Crippen LogP contribution in [0.3, 0.4) is 0 Å². The van der Waals surface area contributed by atoms with Gasteiger partial charge in [0, 0.05) is 13.2 Å². The molecule has 194 valence electrons. The maximum atomic E-state index is 5.62. The normalized spacial score (nSPS) is 11.8. The molecule has 0 atom stereocenters. The summed E-state index contributed by atoms with van der Waals surface area (Å²) < 4.78 is 33.0. The first-order chi connectivity index (χ1) is 15.6. The summed E-state index contributed by atoms with van der Waals surface area (Å²) >= 11 is 0. The average molecular weight is 463 g/mol. The maximum Gasteiger partial charge on any atom is 0.0701 e. The minimum atomic E-state index is 0.578. The minimum absolute atomic E-state index is 0.578. The predicted molar refractivity (Wildman–Crippen MR) is 132 cm³/mol. The zero-order valence-electron chi connectivity index (χ0n) is 21.7. The van der Waals surface area contributed by atoms with Gasteiger partial charge in [-0.05, 0) is 24.7 Å². The molecular formula is C26H54O6. The van der Waals surface area contributed by atoms with Gasteiger partial charge in [0.15, 0.2) is 0 Å². The van der Waals surface area contributed by atoms with Crippen molar-refractivity contribution in [1.82, 2.24) is 0 Å². The lowest BCUT2D eigenvalue weighted by Gasteiger charge is -2.09. The van der Waals surface area contributed by atoms with Crippen molar-refractivity contribution in [3.05, 3.63) is 0 Å². The number of unbranched alkanes of at least 4 members (excludes halogenated alkanes) is 5. The van der Waals surface area contributed by atoms with Crippen molar-refractivity contribution in [3.8, 4) is 0 Å². The Kier molecular flexibility index (Phi) is 26.8. The summed E-state index contributed by atoms with van der Waals surface area (Å²) in [5, 5.41) is 0. The fourth-order valence-corrected chi connectivity index (χ4v) is 2.98. The van der Waals surface area contributed by atoms with E-state index in [9.17, 15) is 0 Å². The molecule has 0 saturated carbocycles. The first-order valence-electron chi connectivity index (χ1n) is 13.1. The van der Waals surface area contributed by atoms with Crippen LogP contribution in [0, 0.1) is 11.8 Å². The molecule has 0 rings (SSSR count). The fourth-order valence-electron chi connectivity index (χ4n) is 2.98. The second kappa shape index (κ2) is 27.0. The number of rotatable bonds is 27. The molecule has 0 radical (unpaired) electrons. The highest BCUT2D eigenvalue weighted by molar-refractivity contribution is 4.49. The van der Waals surface area contributed by atoms with Crippen molar-refractivity contribution in [2.75, 3.05) is 79.3 Å². The van der Waals surface area contributed by atoms with Gasteiger partial charge in [0.1, 0.15) is 0 Å². The Morgan fingerprint density at radius 1 is 0.312 bits per heavy atom. The Balaban J connectivity index is 3.01. The van der Waals surface area contributed by atoms with Gasteiger partial charge < -0.3 is 28.4 Å². The van der Waals surface area contributed by atoms with E-state index in [0.29, 0.717) is 72.0 Å². The van der Waals surface area contributed by atoms with E-state index < -0.39 is 0 Å². The summed E-state index contributed by atoms with van der Waals surface area (Å²) in [4.78, 5) is 0. The Hall–Kier alpha value is -0.240. The number of ether oxygens (including phenoxy) is 6. The van der Waals surface area contributed by atoms with Gasteiger partial charge in [-0.3, -0.25) is 0 Å². The fraction of sp³-hybridized carbons (Fsp3) is 1.00. The zero-order valence-corrected chi connectivity index (χ0v) is 21.7. The highest BCUT2D eigenvalue weighted by atomic mass is 16.6. The van der Waals surface area contributed by atoms with Gasteiger partial charge in [-0.25, -0.2) is 0 Å². The molecule has 0 unspecified atom stereocenters. The van der Waals surface area contributed by atoms with Crippen molar-refractivity contribution in [2.24, 2.45) is 11.8 Å². The molecule has 0 saturated heterocycles. The van der Waals surface area contributed by atoms with Gasteiger partial charge in [0.05, 0.1) is 66.1 Å². The van der Waals surface area contributed by atoms with Crippen LogP contribution in [-0.2, 0) is 28.4 Å². The van der Waals surface area contributed by atoms with Gasteiger partial charge in [-0.2, -0.15) is 0 Å². The molecule has 0 bridgehead atoms. The molecule has 6 heteroatoms. The highest BCUT2D eigenvalue weighted by Gasteiger charge is 1.97. The van der Waals surface area contributed by atoms with Crippen LogP contribution in [0.5, 0.6) is 0 Å². The molecular weight excluding hydrogens is 408 g/mol. The summed E-state index contributed by atoms with van der Waals surface area (Å²) in [6.07, 6.45) is 10.4. The van der Waals surface area contributed by atoms with E-state index >= 15 is 0 Å². The smallest absolute Gasteiger partial charge is 0.0701 e. The SMILES string of the molecule is CC(C)CCCCCCCCOCCOCCOCCOCCOCCOCCC(C)C. The van der Waals surface area contributed by atoms with Crippen molar-refractivity contribution >= 4 is 0 Å². The third-order valence-corrected chi connectivity index (χ3v) is 5.02. The molecule has 0 aromatic rings. The van der Waals surface area contributed by atoms with E-state index in [1.807, 2.05) is 0 Å². The topological polar surface area (TPSA) is 55.4 Å². The molecule has 0 amide bonds. The summed E-state index contributed by atoms with van der Waals surface area (Å²) in [5.74, 6) is 1.53. The quantitative estimate of drug-likeness (QED) is 0.150. The largest absolute Gasteiger partial charge is 0.379 e. The molecule has 0 aliphatic heterocycles. The van der Waals surface area contributed by atoms with Crippen molar-refractivity contribution in [2.45, 2.75) is 79.1 Å². The number of hydrogen-bond donors (Lipinski definition) is 0. The molecule has 0 heterocycles. The second-order valence-electron chi connectivity index (χ2n) is 9.16. The van der Waals surface area contributed by atoms with Crippen LogP contribution in [0.1, 0.15) is 79.1 Å². The molecule has 32 heavy (non-hydrogen) atoms. The first kappa shape index (κ1) is 31.8. The molecule has 0 aromatic heterocycles. The van der Waals surface area contributed by atoms with E-state index in [1.54, 1.807) is 0 Å². The van der Waals surface area contributed by atoms with E-state index in [-0.39, 0.29) is 0 Å². The van der Waals surface area contributed by atoms with Gasteiger partial charge in [-0.1, -0.05) is 66.2 Å². The van der Waals surface area contributed by atoms with Crippen molar-refractivity contribution < 1.29 is 28.4 Å². The van der Waals surface area contributed by atoms with E-state index in [2.05, 4.69) is 27.7 Å². The maximum absolute atomic E-state index is 5.62. The summed E-state index contributed by atoms with van der Waals surface area (Å²) in [6.45, 7) is 16.7. The van der Waals surface area contributed by atoms with E-state index in [4.69, 9.17) is 28.4 Å². The Morgan fingerprint density at radius 3 is 1.03 bits per heavy atom. The van der Waals surface area contributed by atoms with Crippen LogP contribution in [0.2, 0.25) is 0 Å². The first-order valence-corrected chi connectivity index (χ1v) is 13.1. The number of hydrogen-bond acceptors (Lipinski definition) is 6. The third-order valence-electron chi connectivity index (χ3n) is 5.02. The van der Waals surface area contributed by atoms with Crippen molar-refractivity contribution in [3.63, 3.8) is 0 Å². The van der Waals surface area contributed by atoms with Crippen LogP contribution < -0.4 is 0 Å². The Morgan fingerprint density at radius 2 is 0.625 bits per heavy atom. The van der Waals surface area contributed by atoms with Crippen LogP contribution in [-0.4, -0.2) is 79.3 Å². The van der Waals surface area contributed by atoms with Crippen LogP contribution in [0.4, 0.5) is 0 Å². The zero-order chi connectivity index (χ0) is 23.5. The minimum Gasteiger partial charge on any atom is -0.379 e. The van der Waals surface area contributed by atoms with Crippen LogP contribution >= 0.6 is 0 Å². The highest BCUT2D eigenvalue weighted by Crippen LogP contribution is 2.11. The van der Waals surface area contributed by atoms with Crippen molar-refractivity contribution in [1.29, 1.82) is 0 Å². The van der Waals surface area contributed by atoms with Gasteiger partial charge >= 0.3 is 0 Å². The molecule has 0 aliphatic rings. The Bertz CT molecular complexity index is 306. The molecule has 6 nitrogen and oxygen atoms in total. The van der Waals surface area contributed by atoms with Gasteiger partial charge in [0.2, 0.25) is 0 Å². The van der Waals surface area contributed by atoms with Crippen LogP contribution in [0.25, 0.3) is 0 Å². The summed E-state index contributed by atoms with van der Waals surface area (Å²) in [5.41, 5.74) is 0. The lowest BCUT2D eigenvalue weighted by Crippen LogP contribution is -2.14. The third kappa shape index (κ3) is 29.8. The van der Waals surface area contributed by atoms with E-state index in [0.717, 1.165) is 32.0 Å². The lowest BCUT2D eigenvalue weighted by atomic mass is 10.0. The molecule has 0 fully saturated rings. The molecule has 0 aromatic carbocycles. The van der Waals surface area contributed by atoms with Crippen LogP contribution in [0.15, 0.2) is 0 Å². The second-order valence-corrected chi connectivity index (χ2v) is 9.16. The standard InChI is InChI=1S/C26H54O6/c1-25(2)11-9-7-5-6-8-10-13-27-15-17-29-19-21-31-23-24-32-22-20-30-18-16-28-14-12-26(3)4/h25-26H,5-24H2,1-4H3. The lowest BCUT2D eigenvalue weighted by molar-refractivity contribution is -0.0172. The molecule has 0 aliphatic carbocycles. The monoisotopic (exact) mass is 462 g/mol. The molecule has 0 spiro atoms. The summed E-state index contributed by atoms with van der Waals surface area (Å²) in [7, 11) is 0. The summed E-state index contributed by atoms with van der Waals surface area (Å²) in [6, 6.07) is 0. The van der Waals surface area contributed by atoms with Gasteiger partial charge in [-0.15, -0.1) is 0 Å². The predicted octanol–water partition coefficient (Wildman–Crippen LogP) is 5.52. The Labute approximate surface area is 199 Å². The van der Waals surface area contributed by atoms with E-state index in [1.165, 1.54) is 38.5 Å². The molecule has 0 N–H and O–H groups in total. The average Bonchev–Trinajstić information content (AvgIpc) is 2.75.